The van der Waals surface area contributed by atoms with Crippen molar-refractivity contribution in [2.45, 2.75) is 97.2 Å². The number of nitrogens with zero attached hydrogens (tertiary/aromatic N) is 1. The summed E-state index contributed by atoms with van der Waals surface area (Å²) in [6.07, 6.45) is 6.60. The van der Waals surface area contributed by atoms with Gasteiger partial charge < -0.3 is 15.1 Å². The maximum Gasteiger partial charge on any atom is 0.327 e. The first-order valence-corrected chi connectivity index (χ1v) is 9.36. The van der Waals surface area contributed by atoms with Gasteiger partial charge in [0.05, 0.1) is 0 Å². The molecule has 26 heavy (non-hydrogen) atoms. The van der Waals surface area contributed by atoms with Crippen LogP contribution in [-0.4, -0.2) is 44.5 Å². The summed E-state index contributed by atoms with van der Waals surface area (Å²) in [7, 11) is 0. The average Bonchev–Trinajstić information content (AvgIpc) is 2.47. The van der Waals surface area contributed by atoms with E-state index in [4.69, 9.17) is 9.84 Å². The minimum atomic E-state index is -0.943. The summed E-state index contributed by atoms with van der Waals surface area (Å²) in [5.74, 6) is -1.15. The van der Waals surface area contributed by atoms with E-state index in [1.807, 2.05) is 41.5 Å². The molecule has 0 atom stereocenters. The lowest BCUT2D eigenvalue weighted by Gasteiger charge is -2.50. The maximum absolute atomic E-state index is 12.2. The number of carboxylic acid groups (broad SMARTS) is 1. The minimum absolute atomic E-state index is 0.189. The van der Waals surface area contributed by atoms with Crippen molar-refractivity contribution in [2.75, 3.05) is 0 Å². The van der Waals surface area contributed by atoms with Crippen LogP contribution in [0.5, 0.6) is 0 Å². The van der Waals surface area contributed by atoms with Crippen molar-refractivity contribution in [2.24, 2.45) is 5.41 Å². The number of piperidine rings is 1. The lowest BCUT2D eigenvalue weighted by molar-refractivity contribution is -0.259. The van der Waals surface area contributed by atoms with Gasteiger partial charge in [-0.15, -0.1) is 0 Å². The van der Waals surface area contributed by atoms with Crippen molar-refractivity contribution in [1.29, 1.82) is 0 Å². The zero-order chi connectivity index (χ0) is 20.2. The first-order chi connectivity index (χ1) is 11.8. The number of hydrogen-bond donors (Lipinski definition) is 2. The number of carbonyl (C=O) groups excluding carboxylic acids is 1. The summed E-state index contributed by atoms with van der Waals surface area (Å²) in [6, 6.07) is 0. The van der Waals surface area contributed by atoms with Gasteiger partial charge >= 0.3 is 11.9 Å². The third-order valence-corrected chi connectivity index (χ3v) is 5.03. The van der Waals surface area contributed by atoms with Crippen LogP contribution in [0.3, 0.4) is 0 Å². The summed E-state index contributed by atoms with van der Waals surface area (Å²) in [6.45, 7) is 11.8. The number of unbranched alkanes of at least 4 members (excludes halogenated alkanes) is 1. The molecule has 0 bridgehead atoms. The lowest BCUT2D eigenvalue weighted by atomic mass is 9.80. The zero-order valence-electron chi connectivity index (χ0n) is 17.0. The molecule has 0 aliphatic carbocycles. The van der Waals surface area contributed by atoms with E-state index in [1.165, 1.54) is 11.1 Å². The standard InChI is InChI=1S/C20H35NO5/c1-18(2,12-10-16(22)23)11-8-7-9-17(24)26-15-13-19(3,4)21(25)20(5,6)14-15/h10,12,15,25H,7-9,11,13-14H2,1-6H3,(H,22,23)/b12-10+. The van der Waals surface area contributed by atoms with Gasteiger partial charge in [-0.1, -0.05) is 26.3 Å². The zero-order valence-corrected chi connectivity index (χ0v) is 17.0. The van der Waals surface area contributed by atoms with Crippen LogP contribution in [0.25, 0.3) is 0 Å². The molecular weight excluding hydrogens is 334 g/mol. The molecule has 0 unspecified atom stereocenters. The van der Waals surface area contributed by atoms with E-state index in [1.54, 1.807) is 6.08 Å². The highest BCUT2D eigenvalue weighted by Crippen LogP contribution is 2.38. The topological polar surface area (TPSA) is 87.1 Å². The summed E-state index contributed by atoms with van der Waals surface area (Å²) in [5.41, 5.74) is -1.08. The molecule has 1 saturated heterocycles. The first kappa shape index (κ1) is 22.6. The Labute approximate surface area is 157 Å². The van der Waals surface area contributed by atoms with Gasteiger partial charge in [0, 0.05) is 36.4 Å². The molecule has 1 heterocycles. The Bertz CT molecular complexity index is 518. The molecular formula is C20H35NO5. The Hall–Kier alpha value is -1.40. The fraction of sp³-hybridized carbons (Fsp3) is 0.800. The molecule has 1 aliphatic rings. The second kappa shape index (κ2) is 8.53. The van der Waals surface area contributed by atoms with Crippen molar-refractivity contribution < 1.29 is 24.6 Å². The first-order valence-electron chi connectivity index (χ1n) is 9.36. The molecule has 1 fully saturated rings. The van der Waals surface area contributed by atoms with Gasteiger partial charge in [0.1, 0.15) is 6.10 Å². The van der Waals surface area contributed by atoms with Crippen LogP contribution in [0, 0.1) is 5.41 Å². The van der Waals surface area contributed by atoms with Crippen LogP contribution in [0.1, 0.15) is 80.1 Å². The van der Waals surface area contributed by atoms with Crippen LogP contribution in [0.4, 0.5) is 0 Å². The normalized spacial score (nSPS) is 21.0. The molecule has 150 valence electrons. The molecule has 6 heteroatoms. The van der Waals surface area contributed by atoms with Crippen molar-refractivity contribution >= 4 is 11.9 Å². The van der Waals surface area contributed by atoms with Gasteiger partial charge in [0.15, 0.2) is 0 Å². The molecule has 0 aromatic carbocycles. The van der Waals surface area contributed by atoms with E-state index in [-0.39, 0.29) is 17.5 Å². The van der Waals surface area contributed by atoms with Crippen molar-refractivity contribution in [3.05, 3.63) is 12.2 Å². The Balaban J connectivity index is 2.40. The SMILES string of the molecule is CC(C)(/C=C/C(=O)O)CCCCC(=O)OC1CC(C)(C)N(O)C(C)(C)C1. The molecule has 0 saturated carbocycles. The predicted molar refractivity (Wildman–Crippen MR) is 99.9 cm³/mol. The van der Waals surface area contributed by atoms with Crippen LogP contribution in [-0.2, 0) is 14.3 Å². The molecule has 0 radical (unpaired) electrons. The van der Waals surface area contributed by atoms with E-state index in [9.17, 15) is 14.8 Å². The fourth-order valence-corrected chi connectivity index (χ4v) is 3.74. The molecule has 1 aliphatic heterocycles. The highest BCUT2D eigenvalue weighted by atomic mass is 16.5. The smallest absolute Gasteiger partial charge is 0.327 e. The van der Waals surface area contributed by atoms with E-state index < -0.39 is 17.0 Å². The van der Waals surface area contributed by atoms with Crippen LogP contribution < -0.4 is 0 Å². The molecule has 2 N–H and O–H groups in total. The van der Waals surface area contributed by atoms with Gasteiger partial charge in [0.2, 0.25) is 0 Å². The second-order valence-corrected chi connectivity index (χ2v) is 9.32. The molecule has 6 nitrogen and oxygen atoms in total. The summed E-state index contributed by atoms with van der Waals surface area (Å²) < 4.78 is 5.65. The van der Waals surface area contributed by atoms with Crippen molar-refractivity contribution in [1.82, 2.24) is 5.06 Å². The second-order valence-electron chi connectivity index (χ2n) is 9.32. The van der Waals surface area contributed by atoms with Gasteiger partial charge in [-0.25, -0.2) is 4.79 Å². The number of hydroxylamine groups is 2. The van der Waals surface area contributed by atoms with E-state index >= 15 is 0 Å². The fourth-order valence-electron chi connectivity index (χ4n) is 3.74. The average molecular weight is 370 g/mol. The van der Waals surface area contributed by atoms with Crippen LogP contribution in [0.15, 0.2) is 12.2 Å². The number of carboxylic acids is 1. The minimum Gasteiger partial charge on any atom is -0.478 e. The number of ether oxygens (including phenoxy) is 1. The molecule has 0 spiro atoms. The molecule has 0 aromatic rings. The summed E-state index contributed by atoms with van der Waals surface area (Å²) >= 11 is 0. The van der Waals surface area contributed by atoms with Crippen LogP contribution in [0.2, 0.25) is 0 Å². The van der Waals surface area contributed by atoms with Gasteiger partial charge in [-0.05, 0) is 46.0 Å². The molecule has 1 rings (SSSR count). The largest absolute Gasteiger partial charge is 0.478 e. The number of hydrogen-bond acceptors (Lipinski definition) is 5. The summed E-state index contributed by atoms with van der Waals surface area (Å²) in [4.78, 5) is 22.8. The number of aliphatic carboxylic acids is 1. The Morgan fingerprint density at radius 3 is 2.19 bits per heavy atom. The Morgan fingerprint density at radius 1 is 1.15 bits per heavy atom. The Kier molecular flexibility index (Phi) is 7.42. The molecule has 0 aromatic heterocycles. The monoisotopic (exact) mass is 369 g/mol. The number of allylic oxidation sites excluding steroid dienone is 1. The predicted octanol–water partition coefficient (Wildman–Crippen LogP) is 4.17. The van der Waals surface area contributed by atoms with E-state index in [2.05, 4.69) is 0 Å². The molecule has 0 amide bonds. The van der Waals surface area contributed by atoms with Gasteiger partial charge in [-0.2, -0.15) is 5.06 Å². The van der Waals surface area contributed by atoms with E-state index in [0.29, 0.717) is 19.3 Å². The quantitative estimate of drug-likeness (QED) is 0.379. The van der Waals surface area contributed by atoms with Crippen molar-refractivity contribution in [3.63, 3.8) is 0 Å². The van der Waals surface area contributed by atoms with Gasteiger partial charge in [-0.3, -0.25) is 4.79 Å². The van der Waals surface area contributed by atoms with Gasteiger partial charge in [0.25, 0.3) is 0 Å². The van der Waals surface area contributed by atoms with Crippen molar-refractivity contribution in [3.8, 4) is 0 Å². The van der Waals surface area contributed by atoms with Crippen LogP contribution >= 0.6 is 0 Å². The van der Waals surface area contributed by atoms with E-state index in [0.717, 1.165) is 19.3 Å². The Morgan fingerprint density at radius 2 is 1.69 bits per heavy atom. The lowest BCUT2D eigenvalue weighted by Crippen LogP contribution is -2.60. The highest BCUT2D eigenvalue weighted by Gasteiger charge is 2.46. The number of carbonyl (C=O) groups is 2. The number of rotatable bonds is 8. The third kappa shape index (κ3) is 7.08. The highest BCUT2D eigenvalue weighted by molar-refractivity contribution is 5.79. The third-order valence-electron chi connectivity index (χ3n) is 5.03. The summed E-state index contributed by atoms with van der Waals surface area (Å²) in [5, 5.41) is 20.4. The maximum atomic E-state index is 12.2. The number of esters is 1.